The molecule has 4 fully saturated rings. The minimum atomic E-state index is -0.298. The van der Waals surface area contributed by atoms with E-state index in [1.165, 1.54) is 38.8 Å². The Balaban J connectivity index is 1.53. The van der Waals surface area contributed by atoms with Crippen molar-refractivity contribution in [3.63, 3.8) is 0 Å². The van der Waals surface area contributed by atoms with Crippen molar-refractivity contribution in [1.82, 2.24) is 10.1 Å². The lowest BCUT2D eigenvalue weighted by Crippen LogP contribution is -2.62. The Morgan fingerprint density at radius 1 is 1.32 bits per heavy atom. The molecule has 1 spiro atoms. The van der Waals surface area contributed by atoms with E-state index in [2.05, 4.69) is 15.4 Å². The third-order valence-electron chi connectivity index (χ3n) is 6.05. The van der Waals surface area contributed by atoms with Crippen molar-refractivity contribution in [3.05, 3.63) is 23.5 Å². The number of benzene rings is 1. The van der Waals surface area contributed by atoms with E-state index in [4.69, 9.17) is 4.52 Å². The Morgan fingerprint density at radius 3 is 2.82 bits per heavy atom. The number of aromatic nitrogens is 1. The summed E-state index contributed by atoms with van der Waals surface area (Å²) in [4.78, 5) is 2.65. The minimum Gasteiger partial charge on any atom is -0.362 e. The number of anilines is 1. The molecule has 1 atom stereocenters. The Hall–Kier alpha value is -1.62. The fraction of sp³-hybridized carbons (Fsp3) is 0.588. The number of piperidine rings is 3. The van der Waals surface area contributed by atoms with Gasteiger partial charge in [-0.3, -0.25) is 4.90 Å². The molecule has 0 amide bonds. The first-order chi connectivity index (χ1) is 10.7. The zero-order valence-corrected chi connectivity index (χ0v) is 12.7. The largest absolute Gasteiger partial charge is 0.362 e. The van der Waals surface area contributed by atoms with E-state index in [0.717, 1.165) is 5.39 Å². The maximum atomic E-state index is 14.1. The fourth-order valence-electron chi connectivity index (χ4n) is 4.64. The summed E-state index contributed by atoms with van der Waals surface area (Å²) in [6, 6.07) is 4.13. The van der Waals surface area contributed by atoms with Crippen LogP contribution in [0.4, 0.5) is 10.2 Å². The number of hydrogen-bond donors (Lipinski definition) is 1. The molecule has 22 heavy (non-hydrogen) atoms. The van der Waals surface area contributed by atoms with Crippen LogP contribution in [0.1, 0.15) is 31.2 Å². The van der Waals surface area contributed by atoms with Gasteiger partial charge in [0.2, 0.25) is 5.58 Å². The second kappa shape index (κ2) is 4.22. The highest BCUT2D eigenvalue weighted by atomic mass is 19.1. The highest BCUT2D eigenvalue weighted by molar-refractivity contribution is 5.89. The Labute approximate surface area is 128 Å². The average molecular weight is 301 g/mol. The number of fused-ring (bicyclic) bond motifs is 3. The monoisotopic (exact) mass is 301 g/mol. The van der Waals surface area contributed by atoms with Gasteiger partial charge in [-0.15, -0.1) is 0 Å². The maximum Gasteiger partial charge on any atom is 0.204 e. The van der Waals surface area contributed by atoms with Gasteiger partial charge in [-0.2, -0.15) is 0 Å². The number of nitrogens with one attached hydrogen (secondary N) is 1. The first-order valence-electron chi connectivity index (χ1n) is 8.25. The lowest BCUT2D eigenvalue weighted by Gasteiger charge is -2.52. The Kier molecular flexibility index (Phi) is 2.47. The van der Waals surface area contributed by atoms with Crippen molar-refractivity contribution >= 4 is 16.8 Å². The average Bonchev–Trinajstić information content (AvgIpc) is 3.21. The molecule has 1 saturated carbocycles. The van der Waals surface area contributed by atoms with E-state index < -0.39 is 0 Å². The van der Waals surface area contributed by atoms with Crippen molar-refractivity contribution in [2.75, 3.05) is 18.4 Å². The maximum absolute atomic E-state index is 14.1. The molecule has 0 unspecified atom stereocenters. The molecule has 4 heterocycles. The zero-order valence-electron chi connectivity index (χ0n) is 12.7. The summed E-state index contributed by atoms with van der Waals surface area (Å²) in [5.74, 6) is 1.11. The second-order valence-electron chi connectivity index (χ2n) is 7.15. The molecule has 116 valence electrons. The summed E-state index contributed by atoms with van der Waals surface area (Å²) in [5.41, 5.74) is 1.20. The number of hydrogen-bond acceptors (Lipinski definition) is 4. The molecule has 3 aliphatic heterocycles. The first-order valence-corrected chi connectivity index (χ1v) is 8.25. The van der Waals surface area contributed by atoms with Gasteiger partial charge >= 0.3 is 0 Å². The molecule has 1 aromatic heterocycles. The van der Waals surface area contributed by atoms with Crippen LogP contribution in [0.3, 0.4) is 0 Å². The number of aryl methyl sites for hydroxylation is 1. The highest BCUT2D eigenvalue weighted by Crippen LogP contribution is 2.54. The van der Waals surface area contributed by atoms with E-state index in [-0.39, 0.29) is 11.4 Å². The predicted octanol–water partition coefficient (Wildman–Crippen LogP) is 3.31. The summed E-state index contributed by atoms with van der Waals surface area (Å²) >= 11 is 0. The van der Waals surface area contributed by atoms with Gasteiger partial charge in [-0.25, -0.2) is 4.39 Å². The van der Waals surface area contributed by atoms with Gasteiger partial charge in [0.05, 0.1) is 5.39 Å². The van der Waals surface area contributed by atoms with Crippen molar-refractivity contribution in [2.24, 2.45) is 5.92 Å². The quantitative estimate of drug-likeness (QED) is 0.924. The molecule has 6 rings (SSSR count). The summed E-state index contributed by atoms with van der Waals surface area (Å²) in [6.45, 7) is 4.21. The molecule has 3 saturated heterocycles. The van der Waals surface area contributed by atoms with E-state index in [1.54, 1.807) is 13.0 Å². The molecule has 4 aliphatic rings. The van der Waals surface area contributed by atoms with E-state index in [9.17, 15) is 4.39 Å². The van der Waals surface area contributed by atoms with Crippen LogP contribution < -0.4 is 5.32 Å². The van der Waals surface area contributed by atoms with Crippen molar-refractivity contribution in [2.45, 2.75) is 44.2 Å². The lowest BCUT2D eigenvalue weighted by molar-refractivity contribution is 0.0202. The number of nitrogens with zero attached hydrogens (tertiary/aromatic N) is 2. The third kappa shape index (κ3) is 1.57. The van der Waals surface area contributed by atoms with Gasteiger partial charge < -0.3 is 9.84 Å². The summed E-state index contributed by atoms with van der Waals surface area (Å²) < 4.78 is 19.4. The molecule has 1 aliphatic carbocycles. The molecule has 4 nitrogen and oxygen atoms in total. The van der Waals surface area contributed by atoms with Crippen LogP contribution in [0.15, 0.2) is 16.7 Å². The standard InChI is InChI=1S/C17H20FN3O/c1-10-2-3-12-14(13(10)18)22-20-16(12)19-15-11-4-8-21(9-5-11)17(15)6-7-17/h2-3,11,15H,4-9H2,1H3,(H,19,20)/t15-/m0/s1. The van der Waals surface area contributed by atoms with Crippen molar-refractivity contribution < 1.29 is 8.91 Å². The normalized spacial score (nSPS) is 31.8. The van der Waals surface area contributed by atoms with Gasteiger partial charge in [0.1, 0.15) is 0 Å². The molecule has 0 radical (unpaired) electrons. The Bertz CT molecular complexity index is 744. The lowest BCUT2D eigenvalue weighted by atomic mass is 9.77. The summed E-state index contributed by atoms with van der Waals surface area (Å²) in [5, 5.41) is 8.50. The van der Waals surface area contributed by atoms with E-state index >= 15 is 0 Å². The van der Waals surface area contributed by atoms with Gasteiger partial charge in [-0.05, 0) is 63.2 Å². The molecule has 2 aromatic rings. The van der Waals surface area contributed by atoms with Crippen LogP contribution in [0, 0.1) is 18.7 Å². The molecular weight excluding hydrogens is 281 g/mol. The van der Waals surface area contributed by atoms with Crippen LogP contribution in [0.5, 0.6) is 0 Å². The van der Waals surface area contributed by atoms with E-state index in [0.29, 0.717) is 28.9 Å². The van der Waals surface area contributed by atoms with Crippen LogP contribution >= 0.6 is 0 Å². The third-order valence-corrected chi connectivity index (χ3v) is 6.05. The summed E-state index contributed by atoms with van der Waals surface area (Å²) in [7, 11) is 0. The van der Waals surface area contributed by atoms with Gasteiger partial charge in [0.15, 0.2) is 11.6 Å². The van der Waals surface area contributed by atoms with Crippen LogP contribution in [-0.4, -0.2) is 34.7 Å². The minimum absolute atomic E-state index is 0.272. The second-order valence-corrected chi connectivity index (χ2v) is 7.15. The smallest absolute Gasteiger partial charge is 0.204 e. The molecule has 1 N–H and O–H groups in total. The van der Waals surface area contributed by atoms with E-state index in [1.807, 2.05) is 6.07 Å². The summed E-state index contributed by atoms with van der Waals surface area (Å²) in [6.07, 6.45) is 5.04. The van der Waals surface area contributed by atoms with Gasteiger partial charge in [-0.1, -0.05) is 11.2 Å². The van der Waals surface area contributed by atoms with Gasteiger partial charge in [0, 0.05) is 11.6 Å². The SMILES string of the molecule is Cc1ccc2c(N[C@H]3C4CCN(CC4)C34CC4)noc2c1F. The predicted molar refractivity (Wildman–Crippen MR) is 82.4 cm³/mol. The zero-order chi connectivity index (χ0) is 14.9. The van der Waals surface area contributed by atoms with Crippen LogP contribution in [0.2, 0.25) is 0 Å². The first kappa shape index (κ1) is 12.9. The molecule has 1 aromatic carbocycles. The topological polar surface area (TPSA) is 41.3 Å². The van der Waals surface area contributed by atoms with Crippen LogP contribution in [-0.2, 0) is 0 Å². The fourth-order valence-corrected chi connectivity index (χ4v) is 4.64. The molecular formula is C17H20FN3O. The molecule has 5 heteroatoms. The number of halogens is 1. The van der Waals surface area contributed by atoms with Gasteiger partial charge in [0.25, 0.3) is 0 Å². The van der Waals surface area contributed by atoms with Crippen LogP contribution in [0.25, 0.3) is 11.0 Å². The molecule has 2 bridgehead atoms. The van der Waals surface area contributed by atoms with Crippen molar-refractivity contribution in [3.8, 4) is 0 Å². The Morgan fingerprint density at radius 2 is 2.09 bits per heavy atom. The highest BCUT2D eigenvalue weighted by Gasteiger charge is 2.60. The number of rotatable bonds is 2. The van der Waals surface area contributed by atoms with Crippen molar-refractivity contribution in [1.29, 1.82) is 0 Å².